The molecule has 18 heavy (non-hydrogen) atoms. The van der Waals surface area contributed by atoms with Crippen molar-refractivity contribution in [3.63, 3.8) is 0 Å². The van der Waals surface area contributed by atoms with E-state index in [0.717, 1.165) is 6.42 Å². The fourth-order valence-corrected chi connectivity index (χ4v) is 1.48. The Labute approximate surface area is 112 Å². The Bertz CT molecular complexity index is 409. The van der Waals surface area contributed by atoms with Gasteiger partial charge in [0.1, 0.15) is 5.82 Å². The van der Waals surface area contributed by atoms with E-state index in [4.69, 9.17) is 17.3 Å². The Hall–Kier alpha value is -1.49. The summed E-state index contributed by atoms with van der Waals surface area (Å²) in [6.07, 6.45) is 2.35. The largest absolute Gasteiger partial charge is 0.396 e. The van der Waals surface area contributed by atoms with Crippen LogP contribution in [0, 0.1) is 5.92 Å². The molecule has 1 rings (SSSR count). The van der Waals surface area contributed by atoms with Gasteiger partial charge in [0.05, 0.1) is 10.7 Å². The number of anilines is 2. The predicted molar refractivity (Wildman–Crippen MR) is 74.6 cm³/mol. The van der Waals surface area contributed by atoms with Crippen LogP contribution >= 0.6 is 11.6 Å². The highest BCUT2D eigenvalue weighted by molar-refractivity contribution is 6.30. The molecule has 0 aliphatic rings. The first kappa shape index (κ1) is 14.6. The minimum Gasteiger partial charge on any atom is -0.396 e. The number of nitrogens with two attached hydrogens (primary N) is 1. The number of hydrogen-bond donors (Lipinski definition) is 3. The first-order valence-electron chi connectivity index (χ1n) is 5.93. The van der Waals surface area contributed by atoms with Gasteiger partial charge in [-0.2, -0.15) is 0 Å². The SMILES string of the molecule is CC(C)C(=O)NCCCNc1ncc(Cl)cc1N. The molecule has 0 spiro atoms. The summed E-state index contributed by atoms with van der Waals surface area (Å²) in [5.41, 5.74) is 6.27. The fourth-order valence-electron chi connectivity index (χ4n) is 1.31. The summed E-state index contributed by atoms with van der Waals surface area (Å²) < 4.78 is 0. The maximum atomic E-state index is 11.3. The van der Waals surface area contributed by atoms with Gasteiger partial charge in [0.15, 0.2) is 0 Å². The summed E-state index contributed by atoms with van der Waals surface area (Å²) in [6.45, 7) is 5.06. The van der Waals surface area contributed by atoms with Crippen LogP contribution in [0.2, 0.25) is 5.02 Å². The highest BCUT2D eigenvalue weighted by Crippen LogP contribution is 2.18. The molecular weight excluding hydrogens is 252 g/mol. The lowest BCUT2D eigenvalue weighted by Gasteiger charge is -2.10. The summed E-state index contributed by atoms with van der Waals surface area (Å²) in [7, 11) is 0. The van der Waals surface area contributed by atoms with Gasteiger partial charge in [0, 0.05) is 25.2 Å². The predicted octanol–water partition coefficient (Wildman–Crippen LogP) is 1.89. The Morgan fingerprint density at radius 2 is 2.22 bits per heavy atom. The zero-order chi connectivity index (χ0) is 13.5. The van der Waals surface area contributed by atoms with E-state index in [2.05, 4.69) is 15.6 Å². The minimum absolute atomic E-state index is 0.0199. The van der Waals surface area contributed by atoms with Crippen molar-refractivity contribution in [2.75, 3.05) is 24.1 Å². The Balaban J connectivity index is 2.24. The molecule has 0 radical (unpaired) electrons. The van der Waals surface area contributed by atoms with Crippen LogP contribution in [0.4, 0.5) is 11.5 Å². The summed E-state index contributed by atoms with van der Waals surface area (Å²) >= 11 is 5.75. The maximum Gasteiger partial charge on any atom is 0.222 e. The molecule has 100 valence electrons. The second kappa shape index (κ2) is 7.06. The van der Waals surface area contributed by atoms with Gasteiger partial charge >= 0.3 is 0 Å². The van der Waals surface area contributed by atoms with Crippen LogP contribution in [0.25, 0.3) is 0 Å². The maximum absolute atomic E-state index is 11.3. The van der Waals surface area contributed by atoms with Crippen LogP contribution in [0.15, 0.2) is 12.3 Å². The molecule has 1 amide bonds. The number of pyridine rings is 1. The number of carbonyl (C=O) groups is 1. The van der Waals surface area contributed by atoms with E-state index in [1.165, 1.54) is 0 Å². The second-order valence-electron chi connectivity index (χ2n) is 4.32. The Kier molecular flexibility index (Phi) is 5.71. The molecule has 0 atom stereocenters. The van der Waals surface area contributed by atoms with E-state index < -0.39 is 0 Å². The van der Waals surface area contributed by atoms with Crippen LogP contribution in [-0.2, 0) is 4.79 Å². The summed E-state index contributed by atoms with van der Waals surface area (Å²) in [6, 6.07) is 1.65. The van der Waals surface area contributed by atoms with Gasteiger partial charge in [0.2, 0.25) is 5.91 Å². The lowest BCUT2D eigenvalue weighted by molar-refractivity contribution is -0.123. The smallest absolute Gasteiger partial charge is 0.222 e. The van der Waals surface area contributed by atoms with Crippen molar-refractivity contribution in [1.29, 1.82) is 0 Å². The van der Waals surface area contributed by atoms with Crippen LogP contribution in [0.3, 0.4) is 0 Å². The van der Waals surface area contributed by atoms with Crippen molar-refractivity contribution < 1.29 is 4.79 Å². The molecule has 0 saturated carbocycles. The van der Waals surface area contributed by atoms with Gasteiger partial charge in [-0.05, 0) is 12.5 Å². The highest BCUT2D eigenvalue weighted by atomic mass is 35.5. The summed E-state index contributed by atoms with van der Waals surface area (Å²) in [5, 5.41) is 6.45. The molecule has 0 unspecified atom stereocenters. The van der Waals surface area contributed by atoms with Gasteiger partial charge in [-0.1, -0.05) is 25.4 Å². The van der Waals surface area contributed by atoms with Crippen LogP contribution in [0.1, 0.15) is 20.3 Å². The van der Waals surface area contributed by atoms with Crippen LogP contribution in [-0.4, -0.2) is 24.0 Å². The molecule has 6 heteroatoms. The van der Waals surface area contributed by atoms with E-state index in [0.29, 0.717) is 29.6 Å². The molecule has 0 saturated heterocycles. The topological polar surface area (TPSA) is 80.0 Å². The average molecular weight is 271 g/mol. The molecule has 5 nitrogen and oxygen atoms in total. The van der Waals surface area contributed by atoms with E-state index in [9.17, 15) is 4.79 Å². The van der Waals surface area contributed by atoms with E-state index in [-0.39, 0.29) is 11.8 Å². The molecule has 1 aromatic heterocycles. The number of rotatable bonds is 6. The van der Waals surface area contributed by atoms with Gasteiger partial charge in [-0.3, -0.25) is 4.79 Å². The number of halogens is 1. The zero-order valence-corrected chi connectivity index (χ0v) is 11.4. The molecule has 1 heterocycles. The standard InChI is InChI=1S/C12H19ClN4O/c1-8(2)12(18)16-5-3-4-15-11-10(14)6-9(13)7-17-11/h6-8H,3-5,14H2,1-2H3,(H,15,17)(H,16,18). The number of carbonyl (C=O) groups excluding carboxylic acids is 1. The lowest BCUT2D eigenvalue weighted by Crippen LogP contribution is -2.29. The van der Waals surface area contributed by atoms with Gasteiger partial charge in [0.25, 0.3) is 0 Å². The number of hydrogen-bond acceptors (Lipinski definition) is 4. The first-order chi connectivity index (χ1) is 8.50. The third-order valence-electron chi connectivity index (χ3n) is 2.35. The van der Waals surface area contributed by atoms with Crippen molar-refractivity contribution >= 4 is 29.0 Å². The number of aromatic nitrogens is 1. The normalized spacial score (nSPS) is 10.4. The second-order valence-corrected chi connectivity index (χ2v) is 4.75. The minimum atomic E-state index is 0.0199. The fraction of sp³-hybridized carbons (Fsp3) is 0.500. The highest BCUT2D eigenvalue weighted by Gasteiger charge is 2.05. The quantitative estimate of drug-likeness (QED) is 0.690. The average Bonchev–Trinajstić information content (AvgIpc) is 2.30. The molecule has 0 fully saturated rings. The number of nitrogens with zero attached hydrogens (tertiary/aromatic N) is 1. The third-order valence-corrected chi connectivity index (χ3v) is 2.56. The Morgan fingerprint density at radius 3 is 2.83 bits per heavy atom. The van der Waals surface area contributed by atoms with Gasteiger partial charge in [-0.15, -0.1) is 0 Å². The summed E-state index contributed by atoms with van der Waals surface area (Å²) in [5.74, 6) is 0.709. The molecular formula is C12H19ClN4O. The molecule has 0 bridgehead atoms. The Morgan fingerprint density at radius 1 is 1.50 bits per heavy atom. The zero-order valence-electron chi connectivity index (χ0n) is 10.7. The number of nitrogen functional groups attached to an aromatic ring is 1. The van der Waals surface area contributed by atoms with Crippen molar-refractivity contribution in [2.45, 2.75) is 20.3 Å². The number of nitrogens with one attached hydrogen (secondary N) is 2. The van der Waals surface area contributed by atoms with E-state index in [1.807, 2.05) is 13.8 Å². The van der Waals surface area contributed by atoms with E-state index >= 15 is 0 Å². The molecule has 0 aliphatic carbocycles. The summed E-state index contributed by atoms with van der Waals surface area (Å²) in [4.78, 5) is 15.4. The first-order valence-corrected chi connectivity index (χ1v) is 6.31. The van der Waals surface area contributed by atoms with Gasteiger partial charge < -0.3 is 16.4 Å². The van der Waals surface area contributed by atoms with Crippen molar-refractivity contribution in [3.8, 4) is 0 Å². The van der Waals surface area contributed by atoms with Gasteiger partial charge in [-0.25, -0.2) is 4.98 Å². The third kappa shape index (κ3) is 4.79. The molecule has 0 aromatic carbocycles. The van der Waals surface area contributed by atoms with Crippen LogP contribution < -0.4 is 16.4 Å². The van der Waals surface area contributed by atoms with E-state index in [1.54, 1.807) is 12.3 Å². The molecule has 0 aliphatic heterocycles. The molecule has 1 aromatic rings. The molecule has 4 N–H and O–H groups in total. The number of amides is 1. The monoisotopic (exact) mass is 270 g/mol. The van der Waals surface area contributed by atoms with Crippen LogP contribution in [0.5, 0.6) is 0 Å². The lowest BCUT2D eigenvalue weighted by atomic mass is 10.2. The van der Waals surface area contributed by atoms with Crippen molar-refractivity contribution in [1.82, 2.24) is 10.3 Å². The van der Waals surface area contributed by atoms with Crippen molar-refractivity contribution in [3.05, 3.63) is 17.3 Å². The van der Waals surface area contributed by atoms with Crippen molar-refractivity contribution in [2.24, 2.45) is 5.92 Å².